The summed E-state index contributed by atoms with van der Waals surface area (Å²) in [5, 5.41) is 10.1. The second-order valence-corrected chi connectivity index (χ2v) is 7.71. The van der Waals surface area contributed by atoms with Gasteiger partial charge in [-0.15, -0.1) is 0 Å². The Morgan fingerprint density at radius 3 is 2.58 bits per heavy atom. The molecule has 2 aromatic heterocycles. The zero-order valence-electron chi connectivity index (χ0n) is 17.1. The Bertz CT molecular complexity index is 889. The van der Waals surface area contributed by atoms with Crippen molar-refractivity contribution < 1.29 is 32.3 Å². The fourth-order valence-electron chi connectivity index (χ4n) is 4.10. The number of amides is 1. The first-order valence-electron chi connectivity index (χ1n) is 10.0. The average Bonchev–Trinajstić information content (AvgIpc) is 3.48. The molecule has 11 heteroatoms. The molecule has 2 aliphatic rings. The molecule has 1 unspecified atom stereocenters. The van der Waals surface area contributed by atoms with Crippen LogP contribution in [0.5, 0.6) is 0 Å². The Labute approximate surface area is 177 Å². The van der Waals surface area contributed by atoms with Crippen molar-refractivity contribution in [2.45, 2.75) is 56.9 Å². The molecule has 3 heterocycles. The van der Waals surface area contributed by atoms with Crippen LogP contribution in [-0.2, 0) is 29.7 Å². The van der Waals surface area contributed by atoms with Crippen LogP contribution in [0, 0.1) is 0 Å². The standard InChI is InChI=1S/C18H24N4O2.C2HF3O2/c1-21-12-20-16-11-22(13-5-2-3-6-13)10-15(17(16)21)18(23)19-9-14-7-4-8-24-14;3-2(4,5)1(6)7/h4,7-8,12-13,15H,2-3,5-6,9-11H2,1H3,(H,19,23);(H,6,7). The summed E-state index contributed by atoms with van der Waals surface area (Å²) in [6.45, 7) is 2.07. The third-order valence-electron chi connectivity index (χ3n) is 5.58. The van der Waals surface area contributed by atoms with E-state index in [-0.39, 0.29) is 11.8 Å². The quantitative estimate of drug-likeness (QED) is 0.755. The van der Waals surface area contributed by atoms with Crippen molar-refractivity contribution in [1.29, 1.82) is 0 Å². The number of rotatable bonds is 4. The largest absolute Gasteiger partial charge is 0.490 e. The number of furan rings is 1. The second-order valence-electron chi connectivity index (χ2n) is 7.71. The Balaban J connectivity index is 0.000000339. The van der Waals surface area contributed by atoms with Crippen LogP contribution >= 0.6 is 0 Å². The van der Waals surface area contributed by atoms with Gasteiger partial charge in [-0.3, -0.25) is 9.69 Å². The normalized spacial score (nSPS) is 19.4. The minimum Gasteiger partial charge on any atom is -0.475 e. The maximum atomic E-state index is 12.8. The first kappa shape index (κ1) is 22.9. The van der Waals surface area contributed by atoms with Crippen LogP contribution in [0.25, 0.3) is 0 Å². The van der Waals surface area contributed by atoms with Crippen molar-refractivity contribution in [3.63, 3.8) is 0 Å². The van der Waals surface area contributed by atoms with E-state index in [0.717, 1.165) is 30.2 Å². The number of nitrogens with zero attached hydrogens (tertiary/aromatic N) is 3. The maximum Gasteiger partial charge on any atom is 0.490 e. The molecule has 0 saturated heterocycles. The van der Waals surface area contributed by atoms with Crippen LogP contribution in [0.4, 0.5) is 13.2 Å². The lowest BCUT2D eigenvalue weighted by atomic mass is 9.95. The third kappa shape index (κ3) is 5.66. The molecule has 170 valence electrons. The maximum absolute atomic E-state index is 12.8. The lowest BCUT2D eigenvalue weighted by Gasteiger charge is -2.36. The van der Waals surface area contributed by atoms with E-state index in [4.69, 9.17) is 14.3 Å². The van der Waals surface area contributed by atoms with Crippen molar-refractivity contribution in [2.75, 3.05) is 6.54 Å². The second kappa shape index (κ2) is 9.54. The van der Waals surface area contributed by atoms with E-state index < -0.39 is 12.1 Å². The number of aliphatic carboxylic acids is 1. The molecule has 0 aromatic carbocycles. The van der Waals surface area contributed by atoms with Gasteiger partial charge in [-0.2, -0.15) is 13.2 Å². The summed E-state index contributed by atoms with van der Waals surface area (Å²) >= 11 is 0. The van der Waals surface area contributed by atoms with Gasteiger partial charge in [0.15, 0.2) is 0 Å². The number of halogens is 3. The molecule has 1 amide bonds. The lowest BCUT2D eigenvalue weighted by Crippen LogP contribution is -2.45. The van der Waals surface area contributed by atoms with Gasteiger partial charge in [0.25, 0.3) is 0 Å². The van der Waals surface area contributed by atoms with Crippen LogP contribution in [-0.4, -0.2) is 50.2 Å². The van der Waals surface area contributed by atoms with Gasteiger partial charge in [-0.05, 0) is 25.0 Å². The Morgan fingerprint density at radius 2 is 2.00 bits per heavy atom. The molecular formula is C20H25F3N4O4. The van der Waals surface area contributed by atoms with Crippen LogP contribution in [0.3, 0.4) is 0 Å². The molecule has 8 nitrogen and oxygen atoms in total. The van der Waals surface area contributed by atoms with Crippen molar-refractivity contribution in [1.82, 2.24) is 19.8 Å². The van der Waals surface area contributed by atoms with Crippen LogP contribution in [0.2, 0.25) is 0 Å². The molecule has 0 bridgehead atoms. The first-order valence-corrected chi connectivity index (χ1v) is 10.0. The molecule has 2 N–H and O–H groups in total. The fraction of sp³-hybridized carbons (Fsp3) is 0.550. The number of carbonyl (C=O) groups is 2. The minimum absolute atomic E-state index is 0.0546. The van der Waals surface area contributed by atoms with Gasteiger partial charge < -0.3 is 19.4 Å². The number of hydrogen-bond donors (Lipinski definition) is 2. The number of hydrogen-bond acceptors (Lipinski definition) is 5. The number of nitrogens with one attached hydrogen (secondary N) is 1. The summed E-state index contributed by atoms with van der Waals surface area (Å²) < 4.78 is 39.0. The van der Waals surface area contributed by atoms with Crippen molar-refractivity contribution in [2.24, 2.45) is 7.05 Å². The Morgan fingerprint density at radius 1 is 1.32 bits per heavy atom. The molecule has 0 radical (unpaired) electrons. The summed E-state index contributed by atoms with van der Waals surface area (Å²) in [6, 6.07) is 4.31. The first-order chi connectivity index (χ1) is 14.7. The zero-order valence-corrected chi connectivity index (χ0v) is 17.1. The highest BCUT2D eigenvalue weighted by Crippen LogP contribution is 2.33. The van der Waals surface area contributed by atoms with Gasteiger partial charge in [0, 0.05) is 26.2 Å². The molecule has 1 aliphatic heterocycles. The van der Waals surface area contributed by atoms with Gasteiger partial charge in [0.05, 0.1) is 36.4 Å². The van der Waals surface area contributed by atoms with Crippen LogP contribution in [0.1, 0.15) is 48.7 Å². The van der Waals surface area contributed by atoms with Gasteiger partial charge in [-0.25, -0.2) is 9.78 Å². The SMILES string of the molecule is Cn1cnc2c1C(C(=O)NCc1ccco1)CN(C1CCCC1)C2.O=C(O)C(F)(F)F. The summed E-state index contributed by atoms with van der Waals surface area (Å²) in [5.41, 5.74) is 2.11. The molecule has 31 heavy (non-hydrogen) atoms. The number of alkyl halides is 3. The van der Waals surface area contributed by atoms with Crippen molar-refractivity contribution in [3.8, 4) is 0 Å². The van der Waals surface area contributed by atoms with E-state index in [1.54, 1.807) is 6.26 Å². The smallest absolute Gasteiger partial charge is 0.475 e. The lowest BCUT2D eigenvalue weighted by molar-refractivity contribution is -0.192. The third-order valence-corrected chi connectivity index (χ3v) is 5.58. The van der Waals surface area contributed by atoms with E-state index in [2.05, 4.69) is 15.2 Å². The highest BCUT2D eigenvalue weighted by atomic mass is 19.4. The highest BCUT2D eigenvalue weighted by molar-refractivity contribution is 5.84. The molecule has 2 aromatic rings. The molecule has 1 fully saturated rings. The molecule has 0 spiro atoms. The van der Waals surface area contributed by atoms with E-state index in [1.807, 2.05) is 30.1 Å². The summed E-state index contributed by atoms with van der Waals surface area (Å²) in [4.78, 5) is 28.7. The van der Waals surface area contributed by atoms with Crippen molar-refractivity contribution in [3.05, 3.63) is 41.9 Å². The highest BCUT2D eigenvalue weighted by Gasteiger charge is 2.38. The van der Waals surface area contributed by atoms with E-state index in [9.17, 15) is 18.0 Å². The number of aromatic nitrogens is 2. The number of fused-ring (bicyclic) bond motifs is 1. The summed E-state index contributed by atoms with van der Waals surface area (Å²) in [7, 11) is 1.98. The number of imidazole rings is 1. The number of carboxylic acids is 1. The number of carboxylic acid groups (broad SMARTS) is 1. The van der Waals surface area contributed by atoms with Gasteiger partial charge >= 0.3 is 12.1 Å². The molecule has 1 saturated carbocycles. The van der Waals surface area contributed by atoms with E-state index >= 15 is 0 Å². The molecule has 1 aliphatic carbocycles. The van der Waals surface area contributed by atoms with Gasteiger partial charge in [0.2, 0.25) is 5.91 Å². The van der Waals surface area contributed by atoms with E-state index in [0.29, 0.717) is 12.6 Å². The minimum atomic E-state index is -5.08. The fourth-order valence-corrected chi connectivity index (χ4v) is 4.10. The van der Waals surface area contributed by atoms with Gasteiger partial charge in [-0.1, -0.05) is 12.8 Å². The summed E-state index contributed by atoms with van der Waals surface area (Å²) in [6.07, 6.45) is 3.45. The van der Waals surface area contributed by atoms with Gasteiger partial charge in [0.1, 0.15) is 5.76 Å². The molecule has 1 atom stereocenters. The predicted octanol–water partition coefficient (Wildman–Crippen LogP) is 2.80. The average molecular weight is 442 g/mol. The van der Waals surface area contributed by atoms with Crippen LogP contribution in [0.15, 0.2) is 29.1 Å². The molecular weight excluding hydrogens is 417 g/mol. The number of aryl methyl sites for hydroxylation is 1. The van der Waals surface area contributed by atoms with Crippen LogP contribution < -0.4 is 5.32 Å². The predicted molar refractivity (Wildman–Crippen MR) is 103 cm³/mol. The summed E-state index contributed by atoms with van der Waals surface area (Å²) in [5.74, 6) is -2.10. The zero-order chi connectivity index (χ0) is 22.6. The molecule has 4 rings (SSSR count). The Kier molecular flexibility index (Phi) is 7.04. The Hall–Kier alpha value is -2.82. The number of carbonyl (C=O) groups excluding carboxylic acids is 1. The topological polar surface area (TPSA) is 101 Å². The van der Waals surface area contributed by atoms with E-state index in [1.165, 1.54) is 25.7 Å². The van der Waals surface area contributed by atoms with Crippen molar-refractivity contribution >= 4 is 11.9 Å². The monoisotopic (exact) mass is 442 g/mol.